The van der Waals surface area contributed by atoms with E-state index in [1.807, 2.05) is 0 Å². The Labute approximate surface area is 158 Å². The number of carbonyl (C=O) groups excluding carboxylic acids is 1. The Kier molecular flexibility index (Phi) is 5.66. The summed E-state index contributed by atoms with van der Waals surface area (Å²) in [6, 6.07) is 9.25. The highest BCUT2D eigenvalue weighted by atomic mass is 16.6. The van der Waals surface area contributed by atoms with E-state index in [9.17, 15) is 4.79 Å². The predicted octanol–water partition coefficient (Wildman–Crippen LogP) is 6.17. The molecule has 1 aliphatic heterocycles. The van der Waals surface area contributed by atoms with Crippen LogP contribution in [-0.4, -0.2) is 12.1 Å². The van der Waals surface area contributed by atoms with Crippen molar-refractivity contribution < 1.29 is 9.53 Å². The van der Waals surface area contributed by atoms with Crippen molar-refractivity contribution in [3.8, 4) is 0 Å². The summed E-state index contributed by atoms with van der Waals surface area (Å²) in [5.41, 5.74) is 2.93. The summed E-state index contributed by atoms with van der Waals surface area (Å²) < 4.78 is 5.16. The number of hydrogen-bond donors (Lipinski definition) is 0. The molecule has 1 aromatic carbocycles. The van der Waals surface area contributed by atoms with Crippen molar-refractivity contribution in [1.82, 2.24) is 0 Å². The number of rotatable bonds is 5. The van der Waals surface area contributed by atoms with Gasteiger partial charge in [-0.15, -0.1) is 0 Å². The van der Waals surface area contributed by atoms with Gasteiger partial charge < -0.3 is 4.74 Å². The molecule has 1 aromatic rings. The molecule has 3 fully saturated rings. The molecular formula is C24H34O2. The maximum Gasteiger partial charge on any atom is 0.309 e. The van der Waals surface area contributed by atoms with Gasteiger partial charge in [-0.2, -0.15) is 0 Å². The highest BCUT2D eigenvalue weighted by molar-refractivity contribution is 5.75. The van der Waals surface area contributed by atoms with Crippen molar-refractivity contribution >= 4 is 5.97 Å². The minimum absolute atomic E-state index is 0.0000480. The monoisotopic (exact) mass is 354 g/mol. The minimum Gasteiger partial charge on any atom is -0.462 e. The molecule has 4 rings (SSSR count). The van der Waals surface area contributed by atoms with Gasteiger partial charge in [-0.25, -0.2) is 0 Å². The highest BCUT2D eigenvalue weighted by Crippen LogP contribution is 2.44. The molecule has 26 heavy (non-hydrogen) atoms. The first kappa shape index (κ1) is 18.1. The van der Waals surface area contributed by atoms with Crippen LogP contribution in [-0.2, 0) is 9.53 Å². The van der Waals surface area contributed by atoms with Crippen LogP contribution in [0.3, 0.4) is 0 Å². The summed E-state index contributed by atoms with van der Waals surface area (Å²) in [5, 5.41) is 0. The molecule has 0 radical (unpaired) electrons. The molecular weight excluding hydrogens is 320 g/mol. The van der Waals surface area contributed by atoms with Crippen LogP contribution >= 0.6 is 0 Å². The Morgan fingerprint density at radius 2 is 1.42 bits per heavy atom. The normalized spacial score (nSPS) is 34.8. The molecule has 0 spiro atoms. The van der Waals surface area contributed by atoms with E-state index < -0.39 is 0 Å². The average molecular weight is 355 g/mol. The van der Waals surface area contributed by atoms with Gasteiger partial charge >= 0.3 is 5.97 Å². The summed E-state index contributed by atoms with van der Waals surface area (Å²) in [4.78, 5) is 10.9. The summed E-state index contributed by atoms with van der Waals surface area (Å²) in [6.07, 6.45) is 14.6. The molecule has 1 heterocycles. The molecule has 2 saturated carbocycles. The topological polar surface area (TPSA) is 26.3 Å². The van der Waals surface area contributed by atoms with Gasteiger partial charge in [0.1, 0.15) is 6.10 Å². The smallest absolute Gasteiger partial charge is 0.309 e. The average Bonchev–Trinajstić information content (AvgIpc) is 2.66. The zero-order valence-electron chi connectivity index (χ0n) is 16.3. The molecule has 142 valence electrons. The minimum atomic E-state index is -0.0000480. The molecule has 0 amide bonds. The Bertz CT molecular complexity index is 581. The zero-order valence-corrected chi connectivity index (χ0v) is 16.3. The summed E-state index contributed by atoms with van der Waals surface area (Å²) >= 11 is 0. The first-order chi connectivity index (χ1) is 12.7. The lowest BCUT2D eigenvalue weighted by molar-refractivity contribution is -0.170. The van der Waals surface area contributed by atoms with Crippen LogP contribution < -0.4 is 0 Å². The third kappa shape index (κ3) is 4.32. The first-order valence-electron chi connectivity index (χ1n) is 10.9. The molecule has 1 unspecified atom stereocenters. The number of ether oxygens (including phenoxy) is 1. The molecule has 1 atom stereocenters. The van der Waals surface area contributed by atoms with Gasteiger partial charge in [0, 0.05) is 0 Å². The second-order valence-electron chi connectivity index (χ2n) is 9.20. The van der Waals surface area contributed by atoms with Gasteiger partial charge in [0.15, 0.2) is 0 Å². The van der Waals surface area contributed by atoms with Crippen LogP contribution in [0.15, 0.2) is 24.3 Å². The second-order valence-corrected chi connectivity index (χ2v) is 9.20. The van der Waals surface area contributed by atoms with Crippen LogP contribution in [0.5, 0.6) is 0 Å². The van der Waals surface area contributed by atoms with E-state index in [2.05, 4.69) is 31.2 Å². The van der Waals surface area contributed by atoms with Crippen molar-refractivity contribution in [1.29, 1.82) is 0 Å². The molecule has 2 nitrogen and oxygen atoms in total. The van der Waals surface area contributed by atoms with Gasteiger partial charge in [0.25, 0.3) is 0 Å². The van der Waals surface area contributed by atoms with Crippen LogP contribution in [0.1, 0.15) is 87.7 Å². The fourth-order valence-electron chi connectivity index (χ4n) is 5.66. The van der Waals surface area contributed by atoms with Crippen LogP contribution in [0.25, 0.3) is 0 Å². The lowest BCUT2D eigenvalue weighted by Crippen LogP contribution is -2.33. The van der Waals surface area contributed by atoms with Crippen LogP contribution in [0.2, 0.25) is 0 Å². The molecule has 2 aliphatic carbocycles. The largest absolute Gasteiger partial charge is 0.462 e. The van der Waals surface area contributed by atoms with E-state index in [-0.39, 0.29) is 12.1 Å². The van der Waals surface area contributed by atoms with E-state index in [1.165, 1.54) is 63.4 Å². The van der Waals surface area contributed by atoms with E-state index >= 15 is 0 Å². The van der Waals surface area contributed by atoms with Crippen molar-refractivity contribution in [2.24, 2.45) is 17.8 Å². The standard InChI is InChI=1S/C24H34O2/c1-17-2-7-19(8-3-17)21-11-13-22(14-12-21)20-9-4-18(5-10-20)6-15-23-16-24(25)26-23/h2-3,7-8,18,20-23H,4-6,9-16H2,1H3. The summed E-state index contributed by atoms with van der Waals surface area (Å²) in [6.45, 7) is 2.18. The quantitative estimate of drug-likeness (QED) is 0.591. The molecule has 2 heteroatoms. The molecule has 3 aliphatic rings. The Hall–Kier alpha value is -1.31. The molecule has 1 saturated heterocycles. The maximum absolute atomic E-state index is 10.9. The van der Waals surface area contributed by atoms with Crippen LogP contribution in [0, 0.1) is 24.7 Å². The number of benzene rings is 1. The fourth-order valence-corrected chi connectivity index (χ4v) is 5.66. The molecule has 0 N–H and O–H groups in total. The number of esters is 1. The van der Waals surface area contributed by atoms with Gasteiger partial charge in [-0.05, 0) is 87.5 Å². The van der Waals surface area contributed by atoms with Crippen LogP contribution in [0.4, 0.5) is 0 Å². The summed E-state index contributed by atoms with van der Waals surface area (Å²) in [7, 11) is 0. The third-order valence-electron chi connectivity index (χ3n) is 7.47. The molecule has 0 bridgehead atoms. The van der Waals surface area contributed by atoms with Crippen molar-refractivity contribution in [3.05, 3.63) is 35.4 Å². The van der Waals surface area contributed by atoms with E-state index in [0.29, 0.717) is 6.42 Å². The SMILES string of the molecule is Cc1ccc(C2CCC(C3CCC(CCC4CC(=O)O4)CC3)CC2)cc1. The number of cyclic esters (lactones) is 1. The lowest BCUT2D eigenvalue weighted by Gasteiger charge is -2.38. The first-order valence-corrected chi connectivity index (χ1v) is 10.9. The summed E-state index contributed by atoms with van der Waals surface area (Å²) in [5.74, 6) is 3.64. The fraction of sp³-hybridized carbons (Fsp3) is 0.708. The van der Waals surface area contributed by atoms with Gasteiger partial charge in [0.05, 0.1) is 6.42 Å². The van der Waals surface area contributed by atoms with Crippen molar-refractivity contribution in [2.75, 3.05) is 0 Å². The van der Waals surface area contributed by atoms with Crippen molar-refractivity contribution in [2.45, 2.75) is 89.6 Å². The van der Waals surface area contributed by atoms with Crippen molar-refractivity contribution in [3.63, 3.8) is 0 Å². The van der Waals surface area contributed by atoms with E-state index in [1.54, 1.807) is 5.56 Å². The maximum atomic E-state index is 10.9. The second kappa shape index (κ2) is 8.15. The Balaban J connectivity index is 1.17. The Morgan fingerprint density at radius 1 is 0.846 bits per heavy atom. The number of aryl methyl sites for hydroxylation is 1. The third-order valence-corrected chi connectivity index (χ3v) is 7.47. The molecule has 0 aromatic heterocycles. The van der Waals surface area contributed by atoms with Gasteiger partial charge in [0.2, 0.25) is 0 Å². The highest BCUT2D eigenvalue weighted by Gasteiger charge is 2.33. The number of hydrogen-bond acceptors (Lipinski definition) is 2. The van der Waals surface area contributed by atoms with E-state index in [0.717, 1.165) is 30.1 Å². The lowest BCUT2D eigenvalue weighted by atomic mass is 9.68. The van der Waals surface area contributed by atoms with Gasteiger partial charge in [-0.3, -0.25) is 4.79 Å². The predicted molar refractivity (Wildman–Crippen MR) is 105 cm³/mol. The Morgan fingerprint density at radius 3 is 2.00 bits per heavy atom. The van der Waals surface area contributed by atoms with E-state index in [4.69, 9.17) is 4.74 Å². The number of carbonyl (C=O) groups is 1. The zero-order chi connectivity index (χ0) is 17.9. The van der Waals surface area contributed by atoms with Gasteiger partial charge in [-0.1, -0.05) is 42.7 Å².